The van der Waals surface area contributed by atoms with Crippen LogP contribution in [0.5, 0.6) is 0 Å². The van der Waals surface area contributed by atoms with Crippen molar-refractivity contribution >= 4 is 34.1 Å². The standard InChI is InChI=1S/C16H17N5S/c1-2-6-21(5-1)16-18-9-12(10-19-16)8-17-14-3-4-15-13(7-14)11-22-20-15/h3-4,7,9-11,17H,1-2,5-6,8H2. The second-order valence-electron chi connectivity index (χ2n) is 5.53. The Kier molecular flexibility index (Phi) is 3.60. The van der Waals surface area contributed by atoms with E-state index in [9.17, 15) is 0 Å². The fourth-order valence-corrected chi connectivity index (χ4v) is 3.34. The Morgan fingerprint density at radius 3 is 2.77 bits per heavy atom. The van der Waals surface area contributed by atoms with E-state index in [0.717, 1.165) is 42.4 Å². The van der Waals surface area contributed by atoms with Crippen LogP contribution in [0.15, 0.2) is 36.0 Å². The van der Waals surface area contributed by atoms with Gasteiger partial charge in [-0.25, -0.2) is 9.97 Å². The number of benzene rings is 1. The van der Waals surface area contributed by atoms with Crippen LogP contribution in [0.25, 0.3) is 10.9 Å². The molecule has 112 valence electrons. The molecule has 4 rings (SSSR count). The minimum atomic E-state index is 0.726. The maximum atomic E-state index is 4.48. The van der Waals surface area contributed by atoms with Crippen molar-refractivity contribution in [3.05, 3.63) is 41.5 Å². The van der Waals surface area contributed by atoms with Crippen molar-refractivity contribution in [3.63, 3.8) is 0 Å². The lowest BCUT2D eigenvalue weighted by Gasteiger charge is -2.14. The molecule has 1 aliphatic rings. The summed E-state index contributed by atoms with van der Waals surface area (Å²) in [5.74, 6) is 0.854. The van der Waals surface area contributed by atoms with Crippen molar-refractivity contribution in [1.29, 1.82) is 0 Å². The Bertz CT molecular complexity index is 762. The van der Waals surface area contributed by atoms with Crippen LogP contribution in [0.1, 0.15) is 18.4 Å². The molecule has 2 aromatic heterocycles. The molecule has 3 aromatic rings. The van der Waals surface area contributed by atoms with Crippen molar-refractivity contribution in [1.82, 2.24) is 14.3 Å². The molecule has 1 aliphatic heterocycles. The van der Waals surface area contributed by atoms with Crippen LogP contribution in [0.4, 0.5) is 11.6 Å². The van der Waals surface area contributed by atoms with Crippen LogP contribution < -0.4 is 10.2 Å². The normalized spacial score (nSPS) is 14.6. The highest BCUT2D eigenvalue weighted by molar-refractivity contribution is 7.04. The molecule has 3 heterocycles. The van der Waals surface area contributed by atoms with Crippen LogP contribution in [0.2, 0.25) is 0 Å². The molecular formula is C16H17N5S. The summed E-state index contributed by atoms with van der Waals surface area (Å²) in [6, 6.07) is 6.22. The highest BCUT2D eigenvalue weighted by atomic mass is 32.1. The van der Waals surface area contributed by atoms with E-state index >= 15 is 0 Å². The lowest BCUT2D eigenvalue weighted by Crippen LogP contribution is -2.20. The van der Waals surface area contributed by atoms with Crippen molar-refractivity contribution in [2.75, 3.05) is 23.3 Å². The number of hydrogen-bond donors (Lipinski definition) is 1. The Morgan fingerprint density at radius 1 is 1.14 bits per heavy atom. The summed E-state index contributed by atoms with van der Waals surface area (Å²) in [4.78, 5) is 11.2. The molecule has 0 radical (unpaired) electrons. The second-order valence-corrected chi connectivity index (χ2v) is 6.16. The summed E-state index contributed by atoms with van der Waals surface area (Å²) in [5, 5.41) is 6.66. The maximum Gasteiger partial charge on any atom is 0.225 e. The Hall–Kier alpha value is -2.21. The number of nitrogens with zero attached hydrogens (tertiary/aromatic N) is 4. The summed E-state index contributed by atoms with van der Waals surface area (Å²) < 4.78 is 4.31. The van der Waals surface area contributed by atoms with E-state index < -0.39 is 0 Å². The van der Waals surface area contributed by atoms with E-state index in [1.165, 1.54) is 29.8 Å². The third-order valence-corrected chi connectivity index (χ3v) is 4.60. The first-order chi connectivity index (χ1) is 10.9. The quantitative estimate of drug-likeness (QED) is 0.801. The maximum absolute atomic E-state index is 4.48. The van der Waals surface area contributed by atoms with Gasteiger partial charge in [0.25, 0.3) is 0 Å². The van der Waals surface area contributed by atoms with Gasteiger partial charge in [-0.15, -0.1) is 0 Å². The molecule has 6 heteroatoms. The first-order valence-corrected chi connectivity index (χ1v) is 8.36. The van der Waals surface area contributed by atoms with Crippen molar-refractivity contribution in [3.8, 4) is 0 Å². The zero-order valence-corrected chi connectivity index (χ0v) is 13.0. The van der Waals surface area contributed by atoms with Gasteiger partial charge in [0.1, 0.15) is 0 Å². The molecule has 5 nitrogen and oxygen atoms in total. The van der Waals surface area contributed by atoms with Gasteiger partial charge in [-0.2, -0.15) is 4.37 Å². The SMILES string of the molecule is c1nc(N2CCCC2)ncc1CNc1ccc2nscc2c1. The third-order valence-electron chi connectivity index (χ3n) is 3.94. The number of hydrogen-bond acceptors (Lipinski definition) is 6. The van der Waals surface area contributed by atoms with E-state index in [2.05, 4.69) is 42.1 Å². The monoisotopic (exact) mass is 311 g/mol. The number of nitrogens with one attached hydrogen (secondary N) is 1. The van der Waals surface area contributed by atoms with Gasteiger partial charge in [-0.3, -0.25) is 0 Å². The number of aromatic nitrogens is 3. The molecule has 1 saturated heterocycles. The fraction of sp³-hybridized carbons (Fsp3) is 0.312. The summed E-state index contributed by atoms with van der Waals surface area (Å²) >= 11 is 1.49. The molecule has 0 bridgehead atoms. The van der Waals surface area contributed by atoms with Gasteiger partial charge < -0.3 is 10.2 Å². The molecule has 0 amide bonds. The molecular weight excluding hydrogens is 294 g/mol. The molecule has 0 aliphatic carbocycles. The van der Waals surface area contributed by atoms with E-state index in [4.69, 9.17) is 0 Å². The van der Waals surface area contributed by atoms with Gasteiger partial charge >= 0.3 is 0 Å². The van der Waals surface area contributed by atoms with Crippen molar-refractivity contribution < 1.29 is 0 Å². The first-order valence-electron chi connectivity index (χ1n) is 7.52. The second kappa shape index (κ2) is 5.88. The highest BCUT2D eigenvalue weighted by Gasteiger charge is 2.14. The van der Waals surface area contributed by atoms with Gasteiger partial charge in [-0.05, 0) is 42.6 Å². The van der Waals surface area contributed by atoms with Crippen LogP contribution >= 0.6 is 11.5 Å². The predicted octanol–water partition coefficient (Wildman–Crippen LogP) is 3.30. The average molecular weight is 311 g/mol. The van der Waals surface area contributed by atoms with Gasteiger partial charge in [0.05, 0.1) is 5.52 Å². The van der Waals surface area contributed by atoms with E-state index in [0.29, 0.717) is 0 Å². The van der Waals surface area contributed by atoms with E-state index in [1.807, 2.05) is 18.5 Å². The van der Waals surface area contributed by atoms with Gasteiger partial charge in [0, 0.05) is 54.0 Å². The largest absolute Gasteiger partial charge is 0.381 e. The minimum absolute atomic E-state index is 0.726. The molecule has 1 N–H and O–H groups in total. The van der Waals surface area contributed by atoms with Crippen molar-refractivity contribution in [2.24, 2.45) is 0 Å². The summed E-state index contributed by atoms with van der Waals surface area (Å²) in [7, 11) is 0. The van der Waals surface area contributed by atoms with Crippen molar-refractivity contribution in [2.45, 2.75) is 19.4 Å². The fourth-order valence-electron chi connectivity index (χ4n) is 2.71. The lowest BCUT2D eigenvalue weighted by atomic mass is 10.2. The topological polar surface area (TPSA) is 53.9 Å². The molecule has 22 heavy (non-hydrogen) atoms. The van der Waals surface area contributed by atoms with Crippen LogP contribution in [-0.2, 0) is 6.54 Å². The van der Waals surface area contributed by atoms with E-state index in [1.54, 1.807) is 0 Å². The van der Waals surface area contributed by atoms with Gasteiger partial charge in [0.2, 0.25) is 5.95 Å². The van der Waals surface area contributed by atoms with Crippen LogP contribution in [0.3, 0.4) is 0 Å². The van der Waals surface area contributed by atoms with E-state index in [-0.39, 0.29) is 0 Å². The summed E-state index contributed by atoms with van der Waals surface area (Å²) in [5.41, 5.74) is 3.23. The van der Waals surface area contributed by atoms with Gasteiger partial charge in [-0.1, -0.05) is 0 Å². The molecule has 0 atom stereocenters. The molecule has 0 unspecified atom stereocenters. The Labute approximate surface area is 133 Å². The summed E-state index contributed by atoms with van der Waals surface area (Å²) in [6.45, 7) is 2.88. The minimum Gasteiger partial charge on any atom is -0.381 e. The zero-order valence-electron chi connectivity index (χ0n) is 12.2. The molecule has 1 aromatic carbocycles. The third kappa shape index (κ3) is 2.74. The highest BCUT2D eigenvalue weighted by Crippen LogP contribution is 2.20. The molecule has 0 saturated carbocycles. The number of rotatable bonds is 4. The number of anilines is 2. The Balaban J connectivity index is 1.42. The first kappa shape index (κ1) is 13.5. The average Bonchev–Trinajstić information content (AvgIpc) is 3.24. The smallest absolute Gasteiger partial charge is 0.225 e. The summed E-state index contributed by atoms with van der Waals surface area (Å²) in [6.07, 6.45) is 6.32. The number of fused-ring (bicyclic) bond motifs is 1. The predicted molar refractivity (Wildman–Crippen MR) is 90.4 cm³/mol. The van der Waals surface area contributed by atoms with Gasteiger partial charge in [0.15, 0.2) is 0 Å². The van der Waals surface area contributed by atoms with Crippen LogP contribution in [-0.4, -0.2) is 27.4 Å². The van der Waals surface area contributed by atoms with Crippen LogP contribution in [0, 0.1) is 0 Å². The Morgan fingerprint density at radius 2 is 1.95 bits per heavy atom. The molecule has 1 fully saturated rings. The lowest BCUT2D eigenvalue weighted by molar-refractivity contribution is 0.889. The zero-order chi connectivity index (χ0) is 14.8. The molecule has 0 spiro atoms.